The van der Waals surface area contributed by atoms with Crippen molar-refractivity contribution in [3.05, 3.63) is 54.3 Å². The quantitative estimate of drug-likeness (QED) is 0.691. The number of carbonyl (C=O) groups is 2. The summed E-state index contributed by atoms with van der Waals surface area (Å²) in [6.07, 6.45) is 1.24. The maximum absolute atomic E-state index is 13.3. The predicted molar refractivity (Wildman–Crippen MR) is 106 cm³/mol. The Bertz CT molecular complexity index is 850. The van der Waals surface area contributed by atoms with Gasteiger partial charge in [-0.05, 0) is 63.2 Å². The van der Waals surface area contributed by atoms with Crippen molar-refractivity contribution in [3.8, 4) is 5.75 Å². The van der Waals surface area contributed by atoms with Gasteiger partial charge in [0.15, 0.2) is 0 Å². The third kappa shape index (κ3) is 4.86. The van der Waals surface area contributed by atoms with Crippen molar-refractivity contribution in [2.75, 3.05) is 23.7 Å². The van der Waals surface area contributed by atoms with Crippen molar-refractivity contribution in [1.29, 1.82) is 0 Å². The van der Waals surface area contributed by atoms with Crippen LogP contribution in [0.4, 0.5) is 15.8 Å². The molecule has 1 saturated heterocycles. The van der Waals surface area contributed by atoms with Crippen LogP contribution in [0.15, 0.2) is 48.5 Å². The molecule has 0 unspecified atom stereocenters. The highest BCUT2D eigenvalue weighted by molar-refractivity contribution is 5.95. The summed E-state index contributed by atoms with van der Waals surface area (Å²) in [4.78, 5) is 26.9. The number of carbonyl (C=O) groups excluding carboxylic acids is 2. The molecule has 1 heterocycles. The minimum atomic E-state index is -0.401. The highest BCUT2D eigenvalue weighted by atomic mass is 19.1. The van der Waals surface area contributed by atoms with Gasteiger partial charge in [0.05, 0.1) is 11.7 Å². The lowest BCUT2D eigenvalue weighted by molar-refractivity contribution is -0.123. The number of hydrogen-bond acceptors (Lipinski definition) is 4. The molecule has 3 rings (SSSR count). The van der Waals surface area contributed by atoms with E-state index in [0.717, 1.165) is 0 Å². The van der Waals surface area contributed by atoms with Crippen LogP contribution >= 0.6 is 0 Å². The summed E-state index contributed by atoms with van der Waals surface area (Å²) >= 11 is 0. The lowest BCUT2D eigenvalue weighted by Crippen LogP contribution is -2.47. The highest BCUT2D eigenvalue weighted by Crippen LogP contribution is 2.25. The Hall–Kier alpha value is -2.93. The van der Waals surface area contributed by atoms with E-state index in [1.165, 1.54) is 18.2 Å². The number of hydrogen-bond donors (Lipinski definition) is 3. The number of rotatable bonds is 5. The van der Waals surface area contributed by atoms with Gasteiger partial charge in [-0.15, -0.1) is 0 Å². The Morgan fingerprint density at radius 2 is 1.82 bits per heavy atom. The van der Waals surface area contributed by atoms with E-state index in [9.17, 15) is 19.1 Å². The number of phenols is 1. The van der Waals surface area contributed by atoms with E-state index >= 15 is 0 Å². The lowest BCUT2D eigenvalue weighted by Gasteiger charge is -2.34. The number of phenolic OH excluding ortho intramolecular Hbond substituents is 1. The standard InChI is InChI=1S/C21H24FN3O3/c1-14(20(27)23-17-6-4-5-16(22)13-17)25-11-9-15(10-12-25)21(28)24-18-7-2-3-8-19(18)26/h2-8,13-15,26H,9-12H2,1H3,(H,23,27)(H,24,28)/t14-/m1/s1. The first-order valence-corrected chi connectivity index (χ1v) is 9.33. The van der Waals surface area contributed by atoms with Gasteiger partial charge in [0.25, 0.3) is 0 Å². The molecule has 3 N–H and O–H groups in total. The fourth-order valence-corrected chi connectivity index (χ4v) is 3.34. The fraction of sp³-hybridized carbons (Fsp3) is 0.333. The van der Waals surface area contributed by atoms with Gasteiger partial charge >= 0.3 is 0 Å². The van der Waals surface area contributed by atoms with Crippen LogP contribution in [0.2, 0.25) is 0 Å². The van der Waals surface area contributed by atoms with Crippen molar-refractivity contribution < 1.29 is 19.1 Å². The lowest BCUT2D eigenvalue weighted by atomic mass is 9.94. The molecular weight excluding hydrogens is 361 g/mol. The predicted octanol–water partition coefficient (Wildman–Crippen LogP) is 3.21. The molecule has 2 amide bonds. The maximum Gasteiger partial charge on any atom is 0.241 e. The average Bonchev–Trinajstić information content (AvgIpc) is 2.69. The Balaban J connectivity index is 1.50. The van der Waals surface area contributed by atoms with Gasteiger partial charge in [-0.25, -0.2) is 4.39 Å². The molecular formula is C21H24FN3O3. The molecule has 0 bridgehead atoms. The van der Waals surface area contributed by atoms with E-state index in [1.807, 2.05) is 4.90 Å². The van der Waals surface area contributed by atoms with Crippen LogP contribution in [0.1, 0.15) is 19.8 Å². The van der Waals surface area contributed by atoms with Crippen LogP contribution in [-0.2, 0) is 9.59 Å². The van der Waals surface area contributed by atoms with E-state index in [1.54, 1.807) is 37.3 Å². The monoisotopic (exact) mass is 385 g/mol. The van der Waals surface area contributed by atoms with Gasteiger partial charge in [-0.1, -0.05) is 18.2 Å². The third-order valence-electron chi connectivity index (χ3n) is 5.08. The number of aromatic hydroxyl groups is 1. The molecule has 0 aromatic heterocycles. The van der Waals surface area contributed by atoms with Crippen LogP contribution in [0.3, 0.4) is 0 Å². The van der Waals surface area contributed by atoms with Crippen molar-refractivity contribution in [3.63, 3.8) is 0 Å². The first-order chi connectivity index (χ1) is 13.4. The molecule has 1 atom stereocenters. The summed E-state index contributed by atoms with van der Waals surface area (Å²) in [5.74, 6) is -0.868. The van der Waals surface area contributed by atoms with Crippen molar-refractivity contribution in [1.82, 2.24) is 4.90 Å². The van der Waals surface area contributed by atoms with Crippen LogP contribution in [0, 0.1) is 11.7 Å². The minimum absolute atomic E-state index is 0.0379. The van der Waals surface area contributed by atoms with Gasteiger partial charge in [-0.3, -0.25) is 14.5 Å². The number of anilines is 2. The summed E-state index contributed by atoms with van der Waals surface area (Å²) in [6, 6.07) is 12.0. The average molecular weight is 385 g/mol. The second-order valence-corrected chi connectivity index (χ2v) is 6.99. The van der Waals surface area contributed by atoms with E-state index in [4.69, 9.17) is 0 Å². The van der Waals surface area contributed by atoms with Crippen LogP contribution in [0.5, 0.6) is 5.75 Å². The molecule has 6 nitrogen and oxygen atoms in total. The summed E-state index contributed by atoms with van der Waals surface area (Å²) in [5, 5.41) is 15.3. The molecule has 0 aliphatic carbocycles. The van der Waals surface area contributed by atoms with Crippen LogP contribution < -0.4 is 10.6 Å². The second kappa shape index (κ2) is 8.84. The molecule has 0 radical (unpaired) electrons. The summed E-state index contributed by atoms with van der Waals surface area (Å²) < 4.78 is 13.3. The van der Waals surface area contributed by atoms with Gasteiger partial charge in [-0.2, -0.15) is 0 Å². The molecule has 0 spiro atoms. The van der Waals surface area contributed by atoms with Crippen molar-refractivity contribution in [2.45, 2.75) is 25.8 Å². The number of amides is 2. The first-order valence-electron chi connectivity index (χ1n) is 9.33. The van der Waals surface area contributed by atoms with E-state index in [-0.39, 0.29) is 29.5 Å². The molecule has 148 valence electrons. The highest BCUT2D eigenvalue weighted by Gasteiger charge is 2.30. The van der Waals surface area contributed by atoms with E-state index in [2.05, 4.69) is 10.6 Å². The van der Waals surface area contributed by atoms with E-state index < -0.39 is 5.82 Å². The number of benzene rings is 2. The number of halogens is 1. The maximum atomic E-state index is 13.3. The van der Waals surface area contributed by atoms with Gasteiger partial charge in [0, 0.05) is 11.6 Å². The topological polar surface area (TPSA) is 81.7 Å². The largest absolute Gasteiger partial charge is 0.506 e. The third-order valence-corrected chi connectivity index (χ3v) is 5.08. The Labute approximate surface area is 163 Å². The SMILES string of the molecule is C[C@H](C(=O)Nc1cccc(F)c1)N1CCC(C(=O)Nc2ccccc2O)CC1. The smallest absolute Gasteiger partial charge is 0.241 e. The van der Waals surface area contributed by atoms with Gasteiger partial charge < -0.3 is 15.7 Å². The van der Waals surface area contributed by atoms with Gasteiger partial charge in [0.2, 0.25) is 11.8 Å². The summed E-state index contributed by atoms with van der Waals surface area (Å²) in [6.45, 7) is 3.02. The Kier molecular flexibility index (Phi) is 6.26. The second-order valence-electron chi connectivity index (χ2n) is 6.99. The number of para-hydroxylation sites is 2. The zero-order chi connectivity index (χ0) is 20.1. The van der Waals surface area contributed by atoms with Crippen LogP contribution in [-0.4, -0.2) is 41.0 Å². The number of likely N-dealkylation sites (tertiary alicyclic amines) is 1. The fourth-order valence-electron chi connectivity index (χ4n) is 3.34. The molecule has 28 heavy (non-hydrogen) atoms. The summed E-state index contributed by atoms with van der Waals surface area (Å²) in [5.41, 5.74) is 0.826. The molecule has 2 aromatic carbocycles. The first kappa shape index (κ1) is 19.8. The zero-order valence-electron chi connectivity index (χ0n) is 15.7. The number of nitrogens with one attached hydrogen (secondary N) is 2. The van der Waals surface area contributed by atoms with Crippen molar-refractivity contribution >= 4 is 23.2 Å². The Morgan fingerprint density at radius 1 is 1.11 bits per heavy atom. The molecule has 1 fully saturated rings. The zero-order valence-corrected chi connectivity index (χ0v) is 15.7. The number of piperidine rings is 1. The van der Waals surface area contributed by atoms with Gasteiger partial charge in [0.1, 0.15) is 11.6 Å². The minimum Gasteiger partial charge on any atom is -0.506 e. The molecule has 0 saturated carbocycles. The van der Waals surface area contributed by atoms with Crippen molar-refractivity contribution in [2.24, 2.45) is 5.92 Å². The van der Waals surface area contributed by atoms with E-state index in [0.29, 0.717) is 37.3 Å². The summed E-state index contributed by atoms with van der Waals surface area (Å²) in [7, 11) is 0. The Morgan fingerprint density at radius 3 is 2.50 bits per heavy atom. The molecule has 7 heteroatoms. The van der Waals surface area contributed by atoms with Crippen LogP contribution in [0.25, 0.3) is 0 Å². The molecule has 1 aliphatic rings. The molecule has 1 aliphatic heterocycles. The molecule has 2 aromatic rings. The number of nitrogens with zero attached hydrogens (tertiary/aromatic N) is 1. The normalized spacial score (nSPS) is 16.4.